The number of halogens is 2. The molecule has 0 unspecified atom stereocenters. The Labute approximate surface area is 74.0 Å². The standard InChI is InChI=1S/C9H9F2NO/c10-5-1-2-6(13)8(11)7(5)9(12)3-4-9/h1-2,13H,3-4,12H2. The molecule has 0 spiro atoms. The molecule has 2 nitrogen and oxygen atoms in total. The Morgan fingerprint density at radius 1 is 1.31 bits per heavy atom. The monoisotopic (exact) mass is 185 g/mol. The summed E-state index contributed by atoms with van der Waals surface area (Å²) in [7, 11) is 0. The van der Waals surface area contributed by atoms with Crippen molar-refractivity contribution < 1.29 is 13.9 Å². The van der Waals surface area contributed by atoms with Crippen LogP contribution in [0, 0.1) is 11.6 Å². The maximum Gasteiger partial charge on any atom is 0.172 e. The summed E-state index contributed by atoms with van der Waals surface area (Å²) in [4.78, 5) is 0. The summed E-state index contributed by atoms with van der Waals surface area (Å²) in [5.74, 6) is -2.16. The summed E-state index contributed by atoms with van der Waals surface area (Å²) in [6, 6.07) is 2.01. The molecule has 1 saturated carbocycles. The highest BCUT2D eigenvalue weighted by molar-refractivity contribution is 5.38. The minimum atomic E-state index is -0.931. The molecule has 0 heterocycles. The first-order valence-electron chi connectivity index (χ1n) is 4.01. The minimum Gasteiger partial charge on any atom is -0.505 e. The summed E-state index contributed by atoms with van der Waals surface area (Å²) in [5, 5.41) is 9.02. The zero-order valence-corrected chi connectivity index (χ0v) is 6.85. The predicted molar refractivity (Wildman–Crippen MR) is 43.1 cm³/mol. The van der Waals surface area contributed by atoms with Crippen molar-refractivity contribution in [1.82, 2.24) is 0 Å². The van der Waals surface area contributed by atoms with Gasteiger partial charge in [0.05, 0.1) is 0 Å². The number of phenolic OH excluding ortho intramolecular Hbond substituents is 1. The second-order valence-corrected chi connectivity index (χ2v) is 3.41. The van der Waals surface area contributed by atoms with Crippen LogP contribution < -0.4 is 5.73 Å². The molecular weight excluding hydrogens is 176 g/mol. The molecule has 0 aliphatic heterocycles. The van der Waals surface area contributed by atoms with Gasteiger partial charge in [0.15, 0.2) is 11.6 Å². The van der Waals surface area contributed by atoms with E-state index in [-0.39, 0.29) is 5.56 Å². The Hall–Kier alpha value is -1.16. The van der Waals surface area contributed by atoms with Crippen molar-refractivity contribution in [1.29, 1.82) is 0 Å². The molecule has 0 bridgehead atoms. The fourth-order valence-corrected chi connectivity index (χ4v) is 1.38. The molecule has 1 aliphatic rings. The number of hydrogen-bond acceptors (Lipinski definition) is 2. The molecule has 2 rings (SSSR count). The quantitative estimate of drug-likeness (QED) is 0.698. The molecular formula is C9H9F2NO. The van der Waals surface area contributed by atoms with Crippen LogP contribution in [-0.4, -0.2) is 5.11 Å². The van der Waals surface area contributed by atoms with E-state index in [2.05, 4.69) is 0 Å². The molecule has 0 amide bonds. The number of hydrogen-bond donors (Lipinski definition) is 2. The largest absolute Gasteiger partial charge is 0.505 e. The molecule has 1 aromatic rings. The molecule has 0 aromatic heterocycles. The smallest absolute Gasteiger partial charge is 0.172 e. The van der Waals surface area contributed by atoms with Gasteiger partial charge in [-0.25, -0.2) is 8.78 Å². The van der Waals surface area contributed by atoms with Gasteiger partial charge >= 0.3 is 0 Å². The number of phenols is 1. The molecule has 0 saturated heterocycles. The Bertz CT molecular complexity index is 361. The average Bonchev–Trinajstić information content (AvgIpc) is 2.78. The molecule has 3 N–H and O–H groups in total. The van der Waals surface area contributed by atoms with Crippen LogP contribution in [0.3, 0.4) is 0 Å². The van der Waals surface area contributed by atoms with Crippen molar-refractivity contribution in [2.75, 3.05) is 0 Å². The zero-order valence-electron chi connectivity index (χ0n) is 6.85. The van der Waals surface area contributed by atoms with E-state index in [1.807, 2.05) is 0 Å². The summed E-state index contributed by atoms with van der Waals surface area (Å²) in [5.41, 5.74) is 4.56. The number of benzene rings is 1. The Morgan fingerprint density at radius 2 is 1.92 bits per heavy atom. The lowest BCUT2D eigenvalue weighted by atomic mass is 10.0. The number of nitrogens with two attached hydrogens (primary N) is 1. The van der Waals surface area contributed by atoms with Gasteiger partial charge in [0.25, 0.3) is 0 Å². The van der Waals surface area contributed by atoms with Crippen LogP contribution in [0.2, 0.25) is 0 Å². The van der Waals surface area contributed by atoms with E-state index in [1.54, 1.807) is 0 Å². The topological polar surface area (TPSA) is 46.2 Å². The van der Waals surface area contributed by atoms with E-state index < -0.39 is 22.9 Å². The Balaban J connectivity index is 2.61. The van der Waals surface area contributed by atoms with E-state index in [0.29, 0.717) is 12.8 Å². The normalized spacial score (nSPS) is 18.7. The van der Waals surface area contributed by atoms with Crippen LogP contribution in [0.5, 0.6) is 5.75 Å². The number of rotatable bonds is 1. The molecule has 0 radical (unpaired) electrons. The summed E-state index contributed by atoms with van der Waals surface area (Å²) >= 11 is 0. The van der Waals surface area contributed by atoms with Crippen LogP contribution in [0.25, 0.3) is 0 Å². The van der Waals surface area contributed by atoms with Crippen molar-refractivity contribution in [3.05, 3.63) is 29.3 Å². The highest BCUT2D eigenvalue weighted by Crippen LogP contribution is 2.46. The van der Waals surface area contributed by atoms with E-state index in [1.165, 1.54) is 0 Å². The van der Waals surface area contributed by atoms with Crippen molar-refractivity contribution in [3.8, 4) is 5.75 Å². The van der Waals surface area contributed by atoms with Crippen LogP contribution in [-0.2, 0) is 5.54 Å². The lowest BCUT2D eigenvalue weighted by molar-refractivity contribution is 0.414. The molecule has 0 atom stereocenters. The van der Waals surface area contributed by atoms with Crippen LogP contribution in [0.4, 0.5) is 8.78 Å². The lowest BCUT2D eigenvalue weighted by Gasteiger charge is -2.11. The van der Waals surface area contributed by atoms with E-state index in [0.717, 1.165) is 12.1 Å². The van der Waals surface area contributed by atoms with Gasteiger partial charge in [-0.2, -0.15) is 0 Å². The minimum absolute atomic E-state index is 0.187. The first-order chi connectivity index (χ1) is 6.04. The Morgan fingerprint density at radius 3 is 2.46 bits per heavy atom. The maximum atomic E-state index is 13.2. The zero-order chi connectivity index (χ0) is 9.64. The first-order valence-corrected chi connectivity index (χ1v) is 4.01. The molecule has 1 fully saturated rings. The second kappa shape index (κ2) is 2.42. The molecule has 13 heavy (non-hydrogen) atoms. The van der Waals surface area contributed by atoms with Crippen LogP contribution in [0.15, 0.2) is 12.1 Å². The Kier molecular flexibility index (Phi) is 1.57. The van der Waals surface area contributed by atoms with E-state index in [4.69, 9.17) is 10.8 Å². The second-order valence-electron chi connectivity index (χ2n) is 3.41. The summed E-state index contributed by atoms with van der Waals surface area (Å²) in [6.07, 6.45) is 1.12. The van der Waals surface area contributed by atoms with Gasteiger partial charge in [0.2, 0.25) is 0 Å². The van der Waals surface area contributed by atoms with Gasteiger partial charge in [0.1, 0.15) is 5.82 Å². The van der Waals surface area contributed by atoms with Gasteiger partial charge in [-0.05, 0) is 25.0 Å². The third kappa shape index (κ3) is 1.18. The first kappa shape index (κ1) is 8.44. The van der Waals surface area contributed by atoms with Gasteiger partial charge in [-0.1, -0.05) is 0 Å². The fraction of sp³-hybridized carbons (Fsp3) is 0.333. The molecule has 1 aliphatic carbocycles. The van der Waals surface area contributed by atoms with Gasteiger partial charge in [-0.3, -0.25) is 0 Å². The molecule has 4 heteroatoms. The van der Waals surface area contributed by atoms with Crippen molar-refractivity contribution in [2.24, 2.45) is 5.73 Å². The van der Waals surface area contributed by atoms with E-state index >= 15 is 0 Å². The lowest BCUT2D eigenvalue weighted by Crippen LogP contribution is -2.22. The third-order valence-corrected chi connectivity index (χ3v) is 2.36. The molecule has 1 aromatic carbocycles. The molecule has 70 valence electrons. The van der Waals surface area contributed by atoms with E-state index in [9.17, 15) is 8.78 Å². The average molecular weight is 185 g/mol. The van der Waals surface area contributed by atoms with Crippen molar-refractivity contribution in [2.45, 2.75) is 18.4 Å². The van der Waals surface area contributed by atoms with Crippen LogP contribution >= 0.6 is 0 Å². The highest BCUT2D eigenvalue weighted by atomic mass is 19.1. The van der Waals surface area contributed by atoms with Crippen LogP contribution in [0.1, 0.15) is 18.4 Å². The third-order valence-electron chi connectivity index (χ3n) is 2.36. The van der Waals surface area contributed by atoms with Crippen molar-refractivity contribution in [3.63, 3.8) is 0 Å². The summed E-state index contributed by atoms with van der Waals surface area (Å²) in [6.45, 7) is 0. The predicted octanol–water partition coefficient (Wildman–Crippen LogP) is 1.62. The van der Waals surface area contributed by atoms with Crippen molar-refractivity contribution >= 4 is 0 Å². The highest BCUT2D eigenvalue weighted by Gasteiger charge is 2.44. The summed E-state index contributed by atoms with van der Waals surface area (Å²) < 4.78 is 26.4. The van der Waals surface area contributed by atoms with Gasteiger partial charge in [0, 0.05) is 11.1 Å². The van der Waals surface area contributed by atoms with Gasteiger partial charge in [-0.15, -0.1) is 0 Å². The fourth-order valence-electron chi connectivity index (χ4n) is 1.38. The van der Waals surface area contributed by atoms with Gasteiger partial charge < -0.3 is 10.8 Å². The SMILES string of the molecule is NC1(c2c(F)ccc(O)c2F)CC1. The number of aromatic hydroxyl groups is 1. The maximum absolute atomic E-state index is 13.2.